The molecular formula is C38H32N5+3. The minimum absolute atomic E-state index is 0.814. The summed E-state index contributed by atoms with van der Waals surface area (Å²) in [7, 11) is 0. The Labute approximate surface area is 251 Å². The number of hydrogen-bond donors (Lipinski definition) is 0. The zero-order valence-corrected chi connectivity index (χ0v) is 23.9. The fraction of sp³-hybridized carbons (Fsp3) is 0.0789. The first-order valence-corrected chi connectivity index (χ1v) is 14.6. The minimum Gasteiger partial charge on any atom is -0.265 e. The third kappa shape index (κ3) is 6.21. The number of nitrogens with zero attached hydrogens (tertiary/aromatic N) is 5. The maximum atomic E-state index is 4.49. The number of rotatable bonds is 8. The van der Waals surface area contributed by atoms with Crippen molar-refractivity contribution in [1.29, 1.82) is 0 Å². The molecular weight excluding hydrogens is 526 g/mol. The summed E-state index contributed by atoms with van der Waals surface area (Å²) in [6, 6.07) is 36.5. The topological polar surface area (TPSA) is 37.4 Å². The van der Waals surface area contributed by atoms with Gasteiger partial charge in [0.15, 0.2) is 56.8 Å². The minimum atomic E-state index is 0.814. The molecule has 206 valence electrons. The first kappa shape index (κ1) is 26.4. The van der Waals surface area contributed by atoms with Gasteiger partial charge in [0.05, 0.1) is 5.52 Å². The van der Waals surface area contributed by atoms with Gasteiger partial charge in [-0.2, -0.15) is 0 Å². The van der Waals surface area contributed by atoms with Gasteiger partial charge in [0, 0.05) is 77.1 Å². The molecule has 43 heavy (non-hydrogen) atoms. The van der Waals surface area contributed by atoms with Gasteiger partial charge in [-0.05, 0) is 46.5 Å². The molecule has 0 aliphatic carbocycles. The molecule has 2 aromatic carbocycles. The second-order valence-corrected chi connectivity index (χ2v) is 10.8. The lowest BCUT2D eigenvalue weighted by Gasteiger charge is -2.05. The average molecular weight is 559 g/mol. The first-order valence-electron chi connectivity index (χ1n) is 14.6. The SMILES string of the molecule is c1ccc2c(C[n+]3ccc(-c4cc[n+](Cc5ccc(C[n+]6ccc(-c7ccncc7)cc6)cc5)cc4)cc3)ccnc2c1. The summed E-state index contributed by atoms with van der Waals surface area (Å²) in [6.45, 7) is 2.49. The molecule has 5 aromatic heterocycles. The van der Waals surface area contributed by atoms with Crippen molar-refractivity contribution in [3.05, 3.63) is 176 Å². The molecule has 5 heterocycles. The van der Waals surface area contributed by atoms with E-state index in [-0.39, 0.29) is 0 Å². The largest absolute Gasteiger partial charge is 0.265 e. The van der Waals surface area contributed by atoms with Gasteiger partial charge in [-0.15, -0.1) is 0 Å². The maximum absolute atomic E-state index is 4.49. The molecule has 0 amide bonds. The zero-order chi connectivity index (χ0) is 28.8. The fourth-order valence-corrected chi connectivity index (χ4v) is 5.47. The standard InChI is InChI=1S/C38H32N5/c1-2-4-38-37(3-1)36(11-20-40-38)29-43-25-16-35(17-26-43)34-14-23-42(24-15-34)28-31-7-5-30(6-8-31)27-41-21-12-33(13-22-41)32-9-18-39-19-10-32/h1-26H,27-29H2/q+3. The van der Waals surface area contributed by atoms with Gasteiger partial charge in [0.25, 0.3) is 0 Å². The molecule has 7 rings (SSSR count). The summed E-state index contributed by atoms with van der Waals surface area (Å²) in [4.78, 5) is 8.59. The number of hydrogen-bond acceptors (Lipinski definition) is 2. The van der Waals surface area contributed by atoms with Crippen molar-refractivity contribution in [3.8, 4) is 22.3 Å². The Morgan fingerprint density at radius 3 is 1.42 bits per heavy atom. The van der Waals surface area contributed by atoms with E-state index in [1.807, 2.05) is 36.8 Å². The molecule has 5 nitrogen and oxygen atoms in total. The Morgan fingerprint density at radius 2 is 0.884 bits per heavy atom. The fourth-order valence-electron chi connectivity index (χ4n) is 5.47. The zero-order valence-electron chi connectivity index (χ0n) is 23.9. The summed E-state index contributed by atoms with van der Waals surface area (Å²) in [5, 5.41) is 1.20. The molecule has 0 N–H and O–H groups in total. The first-order chi connectivity index (χ1) is 21.3. The summed E-state index contributed by atoms with van der Waals surface area (Å²) >= 11 is 0. The Hall–Kier alpha value is -5.55. The third-order valence-electron chi connectivity index (χ3n) is 7.87. The molecule has 0 saturated carbocycles. The predicted molar refractivity (Wildman–Crippen MR) is 168 cm³/mol. The Morgan fingerprint density at radius 1 is 0.419 bits per heavy atom. The van der Waals surface area contributed by atoms with Crippen molar-refractivity contribution in [1.82, 2.24) is 9.97 Å². The highest BCUT2D eigenvalue weighted by Crippen LogP contribution is 2.19. The monoisotopic (exact) mass is 558 g/mol. The molecule has 0 saturated heterocycles. The highest BCUT2D eigenvalue weighted by molar-refractivity contribution is 5.81. The molecule has 0 aliphatic rings. The van der Waals surface area contributed by atoms with Crippen LogP contribution in [0.15, 0.2) is 159 Å². The van der Waals surface area contributed by atoms with Crippen LogP contribution in [0.25, 0.3) is 33.2 Å². The van der Waals surface area contributed by atoms with Crippen molar-refractivity contribution in [2.24, 2.45) is 0 Å². The molecule has 7 aromatic rings. The second-order valence-electron chi connectivity index (χ2n) is 10.8. The summed E-state index contributed by atoms with van der Waals surface area (Å²) in [5.41, 5.74) is 9.66. The Kier molecular flexibility index (Phi) is 7.44. The van der Waals surface area contributed by atoms with Gasteiger partial charge in [-0.1, -0.05) is 42.5 Å². The molecule has 5 heteroatoms. The van der Waals surface area contributed by atoms with Crippen LogP contribution in [0.2, 0.25) is 0 Å². The molecule has 0 aliphatic heterocycles. The number of fused-ring (bicyclic) bond motifs is 1. The molecule has 0 bridgehead atoms. The van der Waals surface area contributed by atoms with E-state index >= 15 is 0 Å². The van der Waals surface area contributed by atoms with Crippen LogP contribution in [0.1, 0.15) is 16.7 Å². The van der Waals surface area contributed by atoms with Crippen LogP contribution in [0, 0.1) is 0 Å². The van der Waals surface area contributed by atoms with E-state index in [1.165, 1.54) is 44.3 Å². The van der Waals surface area contributed by atoms with Gasteiger partial charge < -0.3 is 0 Å². The summed E-state index contributed by atoms with van der Waals surface area (Å²) in [6.07, 6.45) is 18.4. The van der Waals surface area contributed by atoms with Crippen molar-refractivity contribution in [3.63, 3.8) is 0 Å². The quantitative estimate of drug-likeness (QED) is 0.216. The smallest absolute Gasteiger partial charge is 0.174 e. The van der Waals surface area contributed by atoms with Gasteiger partial charge in [-0.3, -0.25) is 9.97 Å². The number of para-hydroxylation sites is 1. The van der Waals surface area contributed by atoms with Gasteiger partial charge in [0.2, 0.25) is 0 Å². The van der Waals surface area contributed by atoms with E-state index < -0.39 is 0 Å². The van der Waals surface area contributed by atoms with Gasteiger partial charge in [0.1, 0.15) is 0 Å². The highest BCUT2D eigenvalue weighted by Gasteiger charge is 2.10. The predicted octanol–water partition coefficient (Wildman–Crippen LogP) is 5.97. The van der Waals surface area contributed by atoms with E-state index in [1.54, 1.807) is 0 Å². The molecule has 0 spiro atoms. The maximum Gasteiger partial charge on any atom is 0.174 e. The Bertz CT molecular complexity index is 1950. The van der Waals surface area contributed by atoms with Crippen LogP contribution in [0.5, 0.6) is 0 Å². The van der Waals surface area contributed by atoms with Gasteiger partial charge >= 0.3 is 0 Å². The van der Waals surface area contributed by atoms with Crippen LogP contribution < -0.4 is 13.7 Å². The molecule has 0 radical (unpaired) electrons. The van der Waals surface area contributed by atoms with Crippen LogP contribution in [0.3, 0.4) is 0 Å². The lowest BCUT2D eigenvalue weighted by molar-refractivity contribution is -0.688. The van der Waals surface area contributed by atoms with Crippen LogP contribution in [-0.2, 0) is 19.6 Å². The third-order valence-corrected chi connectivity index (χ3v) is 7.87. The summed E-state index contributed by atoms with van der Waals surface area (Å²) < 4.78 is 6.65. The average Bonchev–Trinajstić information content (AvgIpc) is 3.07. The van der Waals surface area contributed by atoms with Gasteiger partial charge in [-0.25, -0.2) is 13.7 Å². The van der Waals surface area contributed by atoms with Crippen molar-refractivity contribution in [2.45, 2.75) is 19.6 Å². The van der Waals surface area contributed by atoms with E-state index in [0.29, 0.717) is 0 Å². The van der Waals surface area contributed by atoms with Crippen molar-refractivity contribution >= 4 is 10.9 Å². The molecule has 0 unspecified atom stereocenters. The Balaban J connectivity index is 0.963. The summed E-state index contributed by atoms with van der Waals surface area (Å²) in [5.74, 6) is 0. The number of aromatic nitrogens is 5. The van der Waals surface area contributed by atoms with Crippen molar-refractivity contribution < 1.29 is 13.7 Å². The number of pyridine rings is 5. The second kappa shape index (κ2) is 12.1. The molecule has 0 atom stereocenters. The van der Waals surface area contributed by atoms with E-state index in [0.717, 1.165) is 25.2 Å². The van der Waals surface area contributed by atoms with Crippen LogP contribution >= 0.6 is 0 Å². The van der Waals surface area contributed by atoms with Crippen LogP contribution in [-0.4, -0.2) is 9.97 Å². The highest BCUT2D eigenvalue weighted by atomic mass is 14.9. The van der Waals surface area contributed by atoms with Crippen molar-refractivity contribution in [2.75, 3.05) is 0 Å². The lowest BCUT2D eigenvalue weighted by Crippen LogP contribution is -2.34. The normalized spacial score (nSPS) is 11.1. The number of benzene rings is 2. The lowest BCUT2D eigenvalue weighted by atomic mass is 10.1. The van der Waals surface area contributed by atoms with E-state index in [2.05, 4.69) is 146 Å². The molecule has 0 fully saturated rings. The van der Waals surface area contributed by atoms with E-state index in [9.17, 15) is 0 Å². The van der Waals surface area contributed by atoms with E-state index in [4.69, 9.17) is 0 Å². The van der Waals surface area contributed by atoms with Crippen LogP contribution in [0.4, 0.5) is 0 Å².